The van der Waals surface area contributed by atoms with Crippen molar-refractivity contribution in [3.8, 4) is 0 Å². The van der Waals surface area contributed by atoms with Crippen molar-refractivity contribution in [3.05, 3.63) is 59.4 Å². The van der Waals surface area contributed by atoms with Gasteiger partial charge < -0.3 is 5.11 Å². The van der Waals surface area contributed by atoms with Crippen LogP contribution in [0.5, 0.6) is 0 Å². The Morgan fingerprint density at radius 1 is 1.29 bits per heavy atom. The quantitative estimate of drug-likeness (QED) is 0.882. The molecule has 1 N–H and O–H groups in total. The van der Waals surface area contributed by atoms with Gasteiger partial charge in [-0.3, -0.25) is 0 Å². The largest absolute Gasteiger partial charge is 0.386 e. The van der Waals surface area contributed by atoms with Crippen LogP contribution in [0.4, 0.5) is 4.39 Å². The summed E-state index contributed by atoms with van der Waals surface area (Å²) in [7, 11) is 0. The van der Waals surface area contributed by atoms with Gasteiger partial charge in [0, 0.05) is 12.6 Å². The van der Waals surface area contributed by atoms with Crippen molar-refractivity contribution in [1.82, 2.24) is 9.97 Å². The molecule has 0 bridgehead atoms. The molecule has 0 radical (unpaired) electrons. The SMILES string of the molecule is Cc1nccc(C(O)Cc2ccccc2F)n1. The molecule has 2 aromatic rings. The minimum Gasteiger partial charge on any atom is -0.386 e. The predicted octanol–water partition coefficient (Wildman–Crippen LogP) is 2.20. The normalized spacial score (nSPS) is 12.4. The second-order valence-corrected chi connectivity index (χ2v) is 3.84. The van der Waals surface area contributed by atoms with Crippen LogP contribution < -0.4 is 0 Å². The van der Waals surface area contributed by atoms with Gasteiger partial charge >= 0.3 is 0 Å². The van der Waals surface area contributed by atoms with Gasteiger partial charge in [0.1, 0.15) is 17.7 Å². The highest BCUT2D eigenvalue weighted by molar-refractivity contribution is 5.20. The number of aromatic nitrogens is 2. The average molecular weight is 232 g/mol. The molecular weight excluding hydrogens is 219 g/mol. The molecule has 1 atom stereocenters. The lowest BCUT2D eigenvalue weighted by atomic mass is 10.1. The standard InChI is InChI=1S/C13H13FN2O/c1-9-15-7-6-12(16-9)13(17)8-10-4-2-3-5-11(10)14/h2-7,13,17H,8H2,1H3. The molecule has 1 unspecified atom stereocenters. The van der Waals surface area contributed by atoms with Gasteiger partial charge in [-0.25, -0.2) is 14.4 Å². The van der Waals surface area contributed by atoms with E-state index in [-0.39, 0.29) is 12.2 Å². The van der Waals surface area contributed by atoms with E-state index < -0.39 is 6.10 Å². The number of aliphatic hydroxyl groups excluding tert-OH is 1. The van der Waals surface area contributed by atoms with Crippen LogP contribution in [0.1, 0.15) is 23.2 Å². The molecule has 0 fully saturated rings. The molecule has 1 heterocycles. The van der Waals surface area contributed by atoms with Gasteiger partial charge in [0.15, 0.2) is 0 Å². The molecule has 1 aromatic heterocycles. The van der Waals surface area contributed by atoms with Gasteiger partial charge in [-0.2, -0.15) is 0 Å². The number of nitrogens with zero attached hydrogens (tertiary/aromatic N) is 2. The van der Waals surface area contributed by atoms with E-state index in [9.17, 15) is 9.50 Å². The van der Waals surface area contributed by atoms with E-state index in [2.05, 4.69) is 9.97 Å². The first kappa shape index (κ1) is 11.7. The zero-order chi connectivity index (χ0) is 12.3. The van der Waals surface area contributed by atoms with Crippen LogP contribution in [0.15, 0.2) is 36.5 Å². The van der Waals surface area contributed by atoms with Crippen molar-refractivity contribution in [3.63, 3.8) is 0 Å². The predicted molar refractivity (Wildman–Crippen MR) is 61.8 cm³/mol. The molecule has 0 saturated carbocycles. The van der Waals surface area contributed by atoms with Gasteiger partial charge in [-0.15, -0.1) is 0 Å². The summed E-state index contributed by atoms with van der Waals surface area (Å²) in [5, 5.41) is 9.97. The molecule has 0 spiro atoms. The summed E-state index contributed by atoms with van der Waals surface area (Å²) >= 11 is 0. The van der Waals surface area contributed by atoms with Crippen LogP contribution in [0.3, 0.4) is 0 Å². The lowest BCUT2D eigenvalue weighted by Crippen LogP contribution is -2.06. The average Bonchev–Trinajstić information content (AvgIpc) is 2.32. The fraction of sp³-hybridized carbons (Fsp3) is 0.231. The van der Waals surface area contributed by atoms with E-state index in [0.717, 1.165) is 0 Å². The Morgan fingerprint density at radius 2 is 2.06 bits per heavy atom. The summed E-state index contributed by atoms with van der Waals surface area (Å²) in [4.78, 5) is 8.07. The third-order valence-corrected chi connectivity index (χ3v) is 2.51. The molecular formula is C13H13FN2O. The van der Waals surface area contributed by atoms with Crippen molar-refractivity contribution in [2.45, 2.75) is 19.4 Å². The lowest BCUT2D eigenvalue weighted by Gasteiger charge is -2.10. The Labute approximate surface area is 99.0 Å². The maximum Gasteiger partial charge on any atom is 0.126 e. The number of hydrogen-bond donors (Lipinski definition) is 1. The molecule has 4 heteroatoms. The molecule has 1 aromatic carbocycles. The van der Waals surface area contributed by atoms with Gasteiger partial charge in [0.2, 0.25) is 0 Å². The van der Waals surface area contributed by atoms with E-state index in [1.165, 1.54) is 6.07 Å². The number of halogens is 1. The van der Waals surface area contributed by atoms with E-state index in [4.69, 9.17) is 0 Å². The first-order chi connectivity index (χ1) is 8.16. The third kappa shape index (κ3) is 2.85. The van der Waals surface area contributed by atoms with E-state index in [0.29, 0.717) is 17.1 Å². The second kappa shape index (κ2) is 5.01. The van der Waals surface area contributed by atoms with E-state index >= 15 is 0 Å². The van der Waals surface area contributed by atoms with E-state index in [1.807, 2.05) is 0 Å². The van der Waals surface area contributed by atoms with Gasteiger partial charge in [0.05, 0.1) is 5.69 Å². The van der Waals surface area contributed by atoms with Gasteiger partial charge in [-0.05, 0) is 24.6 Å². The minimum absolute atomic E-state index is 0.211. The van der Waals surface area contributed by atoms with Crippen LogP contribution in [-0.2, 0) is 6.42 Å². The van der Waals surface area contributed by atoms with Crippen molar-refractivity contribution < 1.29 is 9.50 Å². The highest BCUT2D eigenvalue weighted by Crippen LogP contribution is 2.18. The smallest absolute Gasteiger partial charge is 0.126 e. The molecule has 88 valence electrons. The maximum atomic E-state index is 13.4. The lowest BCUT2D eigenvalue weighted by molar-refractivity contribution is 0.172. The number of rotatable bonds is 3. The topological polar surface area (TPSA) is 46.0 Å². The molecule has 3 nitrogen and oxygen atoms in total. The van der Waals surface area contributed by atoms with Crippen molar-refractivity contribution in [2.75, 3.05) is 0 Å². The minimum atomic E-state index is -0.811. The molecule has 0 saturated heterocycles. The molecule has 2 rings (SSSR count). The van der Waals surface area contributed by atoms with Crippen molar-refractivity contribution in [1.29, 1.82) is 0 Å². The zero-order valence-electron chi connectivity index (χ0n) is 9.47. The summed E-state index contributed by atoms with van der Waals surface area (Å²) < 4.78 is 13.4. The fourth-order valence-electron chi connectivity index (χ4n) is 1.64. The van der Waals surface area contributed by atoms with Gasteiger partial charge in [-0.1, -0.05) is 18.2 Å². The Kier molecular flexibility index (Phi) is 3.44. The van der Waals surface area contributed by atoms with Crippen LogP contribution >= 0.6 is 0 Å². The summed E-state index contributed by atoms with van der Waals surface area (Å²) in [6, 6.07) is 8.05. The van der Waals surface area contributed by atoms with Crippen LogP contribution in [0.2, 0.25) is 0 Å². The second-order valence-electron chi connectivity index (χ2n) is 3.84. The number of aliphatic hydroxyl groups is 1. The third-order valence-electron chi connectivity index (χ3n) is 2.51. The zero-order valence-corrected chi connectivity index (χ0v) is 9.47. The Bertz CT molecular complexity index is 516. The van der Waals surface area contributed by atoms with Crippen LogP contribution in [-0.4, -0.2) is 15.1 Å². The molecule has 0 amide bonds. The highest BCUT2D eigenvalue weighted by atomic mass is 19.1. The monoisotopic (exact) mass is 232 g/mol. The summed E-state index contributed by atoms with van der Waals surface area (Å²) in [6.45, 7) is 1.75. The first-order valence-corrected chi connectivity index (χ1v) is 5.38. The maximum absolute atomic E-state index is 13.4. The van der Waals surface area contributed by atoms with Crippen molar-refractivity contribution in [2.24, 2.45) is 0 Å². The summed E-state index contributed by atoms with van der Waals surface area (Å²) in [5.41, 5.74) is 0.997. The number of benzene rings is 1. The molecule has 0 aliphatic carbocycles. The van der Waals surface area contributed by atoms with Crippen LogP contribution in [0, 0.1) is 12.7 Å². The van der Waals surface area contributed by atoms with Crippen LogP contribution in [0.25, 0.3) is 0 Å². The number of aryl methyl sites for hydroxylation is 1. The van der Waals surface area contributed by atoms with E-state index in [1.54, 1.807) is 37.4 Å². The Hall–Kier alpha value is -1.81. The molecule has 0 aliphatic heterocycles. The summed E-state index contributed by atoms with van der Waals surface area (Å²) in [6.07, 6.45) is 0.986. The van der Waals surface area contributed by atoms with Gasteiger partial charge in [0.25, 0.3) is 0 Å². The van der Waals surface area contributed by atoms with Crippen molar-refractivity contribution >= 4 is 0 Å². The fourth-order valence-corrected chi connectivity index (χ4v) is 1.64. The Balaban J connectivity index is 2.17. The highest BCUT2D eigenvalue weighted by Gasteiger charge is 2.12. The summed E-state index contributed by atoms with van der Waals surface area (Å²) in [5.74, 6) is 0.285. The first-order valence-electron chi connectivity index (χ1n) is 5.38. The Morgan fingerprint density at radius 3 is 2.76 bits per heavy atom. The molecule has 0 aliphatic rings. The molecule has 17 heavy (non-hydrogen) atoms. The number of hydrogen-bond acceptors (Lipinski definition) is 3.